The van der Waals surface area contributed by atoms with Gasteiger partial charge in [-0.25, -0.2) is 0 Å². The highest BCUT2D eigenvalue weighted by Gasteiger charge is 2.01. The molecule has 1 aromatic heterocycles. The summed E-state index contributed by atoms with van der Waals surface area (Å²) in [6.45, 7) is 6.58. The molecule has 1 aromatic rings. The van der Waals surface area contributed by atoms with E-state index in [1.807, 2.05) is 18.6 Å². The van der Waals surface area contributed by atoms with Gasteiger partial charge in [0.2, 0.25) is 0 Å². The maximum atomic E-state index is 5.29. The normalized spacial score (nSPS) is 13.1. The Bertz CT molecular complexity index is 213. The number of ether oxygens (including phenoxy) is 1. The summed E-state index contributed by atoms with van der Waals surface area (Å²) >= 11 is 1.67. The van der Waals surface area contributed by atoms with E-state index in [1.165, 1.54) is 4.88 Å². The van der Waals surface area contributed by atoms with Gasteiger partial charge in [0.1, 0.15) is 0 Å². The minimum Gasteiger partial charge on any atom is -0.380 e. The molecule has 0 bridgehead atoms. The summed E-state index contributed by atoms with van der Waals surface area (Å²) in [5.74, 6) is 0. The second kappa shape index (κ2) is 6.07. The van der Waals surface area contributed by atoms with Crippen molar-refractivity contribution in [3.05, 3.63) is 16.6 Å². The van der Waals surface area contributed by atoms with E-state index in [0.717, 1.165) is 19.8 Å². The fourth-order valence-electron chi connectivity index (χ4n) is 0.958. The molecule has 1 atom stereocenters. The molecule has 0 saturated heterocycles. The van der Waals surface area contributed by atoms with Crippen LogP contribution >= 0.6 is 11.3 Å². The summed E-state index contributed by atoms with van der Waals surface area (Å²) in [7, 11) is 0. The molecule has 0 fully saturated rings. The first-order valence-electron chi connectivity index (χ1n) is 4.51. The smallest absolute Gasteiger partial charge is 0.0794 e. The SMILES string of the molecule is CCOCC(C)NCc1cncs1. The fraction of sp³-hybridized carbons (Fsp3) is 0.667. The van der Waals surface area contributed by atoms with Gasteiger partial charge in [-0.3, -0.25) is 4.98 Å². The molecule has 1 heterocycles. The molecule has 0 aliphatic heterocycles. The molecule has 1 rings (SSSR count). The molecule has 13 heavy (non-hydrogen) atoms. The average molecular weight is 200 g/mol. The lowest BCUT2D eigenvalue weighted by Gasteiger charge is -2.12. The zero-order valence-electron chi connectivity index (χ0n) is 8.12. The van der Waals surface area contributed by atoms with Gasteiger partial charge in [0.15, 0.2) is 0 Å². The van der Waals surface area contributed by atoms with Gasteiger partial charge in [-0.05, 0) is 13.8 Å². The highest BCUT2D eigenvalue weighted by molar-refractivity contribution is 7.09. The zero-order valence-corrected chi connectivity index (χ0v) is 8.93. The minimum absolute atomic E-state index is 0.405. The van der Waals surface area contributed by atoms with E-state index in [4.69, 9.17) is 4.74 Å². The topological polar surface area (TPSA) is 34.1 Å². The minimum atomic E-state index is 0.405. The van der Waals surface area contributed by atoms with Gasteiger partial charge < -0.3 is 10.1 Å². The quantitative estimate of drug-likeness (QED) is 0.758. The Hall–Kier alpha value is -0.450. The number of nitrogens with one attached hydrogen (secondary N) is 1. The predicted octanol–water partition coefficient (Wildman–Crippen LogP) is 1.66. The third-order valence-electron chi connectivity index (χ3n) is 1.68. The van der Waals surface area contributed by atoms with Crippen LogP contribution in [0.5, 0.6) is 0 Å². The second-order valence-electron chi connectivity index (χ2n) is 2.91. The van der Waals surface area contributed by atoms with Crippen LogP contribution in [0.3, 0.4) is 0 Å². The lowest BCUT2D eigenvalue weighted by atomic mass is 10.3. The van der Waals surface area contributed by atoms with Gasteiger partial charge in [-0.15, -0.1) is 11.3 Å². The molecule has 0 radical (unpaired) electrons. The Labute approximate surface area is 83.1 Å². The van der Waals surface area contributed by atoms with E-state index in [-0.39, 0.29) is 0 Å². The van der Waals surface area contributed by atoms with Crippen molar-refractivity contribution in [3.63, 3.8) is 0 Å². The molecule has 1 unspecified atom stereocenters. The average Bonchev–Trinajstić information content (AvgIpc) is 2.64. The predicted molar refractivity (Wildman–Crippen MR) is 54.9 cm³/mol. The fourth-order valence-corrected chi connectivity index (χ4v) is 1.50. The van der Waals surface area contributed by atoms with Crippen molar-refractivity contribution in [2.45, 2.75) is 26.4 Å². The highest BCUT2D eigenvalue weighted by Crippen LogP contribution is 2.04. The monoisotopic (exact) mass is 200 g/mol. The summed E-state index contributed by atoms with van der Waals surface area (Å²) in [4.78, 5) is 5.28. The van der Waals surface area contributed by atoms with Gasteiger partial charge in [0.25, 0.3) is 0 Å². The van der Waals surface area contributed by atoms with E-state index in [1.54, 1.807) is 11.3 Å². The Balaban J connectivity index is 2.11. The molecule has 3 nitrogen and oxygen atoms in total. The van der Waals surface area contributed by atoms with Crippen LogP contribution in [0, 0.1) is 0 Å². The lowest BCUT2D eigenvalue weighted by molar-refractivity contribution is 0.127. The van der Waals surface area contributed by atoms with Crippen molar-refractivity contribution in [1.29, 1.82) is 0 Å². The van der Waals surface area contributed by atoms with Crippen molar-refractivity contribution < 1.29 is 4.74 Å². The van der Waals surface area contributed by atoms with Gasteiger partial charge >= 0.3 is 0 Å². The third-order valence-corrected chi connectivity index (χ3v) is 2.46. The standard InChI is InChI=1S/C9H16N2OS/c1-3-12-6-8(2)11-5-9-4-10-7-13-9/h4,7-8,11H,3,5-6H2,1-2H3. The molecule has 0 saturated carbocycles. The summed E-state index contributed by atoms with van der Waals surface area (Å²) < 4.78 is 5.29. The Kier molecular flexibility index (Phi) is 4.97. The van der Waals surface area contributed by atoms with Crippen molar-refractivity contribution in [3.8, 4) is 0 Å². The van der Waals surface area contributed by atoms with Crippen LogP contribution in [0.1, 0.15) is 18.7 Å². The molecule has 0 aromatic carbocycles. The number of aromatic nitrogens is 1. The molecule has 1 N–H and O–H groups in total. The van der Waals surface area contributed by atoms with Gasteiger partial charge in [-0.2, -0.15) is 0 Å². The van der Waals surface area contributed by atoms with Crippen LogP contribution in [-0.2, 0) is 11.3 Å². The Morgan fingerprint density at radius 2 is 2.54 bits per heavy atom. The van der Waals surface area contributed by atoms with Crippen LogP contribution in [0.15, 0.2) is 11.7 Å². The summed E-state index contributed by atoms with van der Waals surface area (Å²) in [6, 6.07) is 0.405. The number of nitrogens with zero attached hydrogens (tertiary/aromatic N) is 1. The van der Waals surface area contributed by atoms with Crippen LogP contribution in [0.4, 0.5) is 0 Å². The van der Waals surface area contributed by atoms with Crippen molar-refractivity contribution >= 4 is 11.3 Å². The van der Waals surface area contributed by atoms with Crippen molar-refractivity contribution in [2.75, 3.05) is 13.2 Å². The van der Waals surface area contributed by atoms with Crippen LogP contribution < -0.4 is 5.32 Å². The number of rotatable bonds is 6. The summed E-state index contributed by atoms with van der Waals surface area (Å²) in [6.07, 6.45) is 1.89. The molecular weight excluding hydrogens is 184 g/mol. The molecule has 0 amide bonds. The van der Waals surface area contributed by atoms with Crippen molar-refractivity contribution in [2.24, 2.45) is 0 Å². The van der Waals surface area contributed by atoms with E-state index >= 15 is 0 Å². The largest absolute Gasteiger partial charge is 0.380 e. The van der Waals surface area contributed by atoms with Gasteiger partial charge in [-0.1, -0.05) is 0 Å². The molecule has 0 aliphatic rings. The molecule has 0 spiro atoms. The van der Waals surface area contributed by atoms with E-state index in [2.05, 4.69) is 17.2 Å². The first-order valence-corrected chi connectivity index (χ1v) is 5.39. The summed E-state index contributed by atoms with van der Waals surface area (Å²) in [5.41, 5.74) is 1.85. The second-order valence-corrected chi connectivity index (χ2v) is 3.88. The first kappa shape index (κ1) is 10.6. The van der Waals surface area contributed by atoms with E-state index in [9.17, 15) is 0 Å². The van der Waals surface area contributed by atoms with Gasteiger partial charge in [0.05, 0.1) is 12.1 Å². The first-order chi connectivity index (χ1) is 6.33. The number of hydrogen-bond acceptors (Lipinski definition) is 4. The molecule has 0 aliphatic carbocycles. The number of hydrogen-bond donors (Lipinski definition) is 1. The lowest BCUT2D eigenvalue weighted by Crippen LogP contribution is -2.29. The summed E-state index contributed by atoms with van der Waals surface area (Å²) in [5, 5.41) is 3.37. The van der Waals surface area contributed by atoms with Crippen LogP contribution in [-0.4, -0.2) is 24.2 Å². The maximum absolute atomic E-state index is 5.29. The van der Waals surface area contributed by atoms with Crippen LogP contribution in [0.25, 0.3) is 0 Å². The Morgan fingerprint density at radius 3 is 3.15 bits per heavy atom. The zero-order chi connectivity index (χ0) is 9.52. The maximum Gasteiger partial charge on any atom is 0.0794 e. The van der Waals surface area contributed by atoms with Crippen LogP contribution in [0.2, 0.25) is 0 Å². The highest BCUT2D eigenvalue weighted by atomic mass is 32.1. The Morgan fingerprint density at radius 1 is 1.69 bits per heavy atom. The van der Waals surface area contributed by atoms with Crippen molar-refractivity contribution in [1.82, 2.24) is 10.3 Å². The van der Waals surface area contributed by atoms with E-state index in [0.29, 0.717) is 6.04 Å². The molecule has 4 heteroatoms. The number of thiazole rings is 1. The van der Waals surface area contributed by atoms with Gasteiger partial charge in [0, 0.05) is 30.3 Å². The third kappa shape index (κ3) is 4.36. The molecule has 74 valence electrons. The van der Waals surface area contributed by atoms with E-state index < -0.39 is 0 Å². The molecular formula is C9H16N2OS.